The third-order valence-electron chi connectivity index (χ3n) is 3.21. The van der Waals surface area contributed by atoms with Gasteiger partial charge in [0.1, 0.15) is 5.01 Å². The van der Waals surface area contributed by atoms with Crippen LogP contribution < -0.4 is 0 Å². The number of halogens is 2. The van der Waals surface area contributed by atoms with Crippen LogP contribution in [-0.4, -0.2) is 50.3 Å². The standard InChI is InChI=1S/C10H14BrFO5/c1-4(13)9(15)6(3)17-8(11)7(12)10(9,16)5(2)14/h6-8,15-16H,1-3H3/t6-,7+,8+,9+,10-/m1/s1. The number of hydrogen-bond donors (Lipinski definition) is 2. The molecule has 1 aliphatic heterocycles. The molecule has 1 fully saturated rings. The van der Waals surface area contributed by atoms with Crippen LogP contribution >= 0.6 is 15.9 Å². The van der Waals surface area contributed by atoms with Crippen LogP contribution in [0, 0.1) is 0 Å². The zero-order valence-corrected chi connectivity index (χ0v) is 11.2. The van der Waals surface area contributed by atoms with Crippen LogP contribution in [0.15, 0.2) is 0 Å². The number of ether oxygens (including phenoxy) is 1. The third-order valence-corrected chi connectivity index (χ3v) is 3.89. The van der Waals surface area contributed by atoms with Gasteiger partial charge >= 0.3 is 0 Å². The maximum atomic E-state index is 14.0. The number of ketones is 2. The molecule has 1 rings (SSSR count). The zero-order chi connectivity index (χ0) is 13.6. The van der Waals surface area contributed by atoms with Crippen LogP contribution in [0.4, 0.5) is 4.39 Å². The predicted molar refractivity (Wildman–Crippen MR) is 59.4 cm³/mol. The maximum Gasteiger partial charge on any atom is 0.195 e. The summed E-state index contributed by atoms with van der Waals surface area (Å²) >= 11 is 2.81. The minimum absolute atomic E-state index is 0.915. The van der Waals surface area contributed by atoms with Gasteiger partial charge in [0.15, 0.2) is 28.9 Å². The van der Waals surface area contributed by atoms with E-state index in [4.69, 9.17) is 4.74 Å². The Hall–Kier alpha value is -0.370. The molecule has 7 heteroatoms. The molecule has 5 nitrogen and oxygen atoms in total. The number of rotatable bonds is 2. The van der Waals surface area contributed by atoms with Gasteiger partial charge in [-0.05, 0) is 20.8 Å². The van der Waals surface area contributed by atoms with E-state index < -0.39 is 40.1 Å². The quantitative estimate of drug-likeness (QED) is 0.707. The first-order valence-corrected chi connectivity index (χ1v) is 5.92. The second kappa shape index (κ2) is 4.38. The summed E-state index contributed by atoms with van der Waals surface area (Å²) in [5.41, 5.74) is -5.41. The molecule has 0 aromatic rings. The van der Waals surface area contributed by atoms with Gasteiger partial charge in [0, 0.05) is 0 Å². The van der Waals surface area contributed by atoms with E-state index >= 15 is 0 Å². The maximum absolute atomic E-state index is 14.0. The highest BCUT2D eigenvalue weighted by Crippen LogP contribution is 2.42. The topological polar surface area (TPSA) is 83.8 Å². The second-order valence-corrected chi connectivity index (χ2v) is 5.08. The Kier molecular flexibility index (Phi) is 3.79. The number of carbonyl (C=O) groups is 2. The number of Topliss-reactive ketones (excluding diaryl/α,β-unsaturated/α-hetero) is 2. The molecule has 0 aromatic heterocycles. The highest BCUT2D eigenvalue weighted by atomic mass is 79.9. The van der Waals surface area contributed by atoms with E-state index in [0.717, 1.165) is 13.8 Å². The van der Waals surface area contributed by atoms with Gasteiger partial charge in [-0.2, -0.15) is 0 Å². The van der Waals surface area contributed by atoms with Crippen LogP contribution in [0.1, 0.15) is 20.8 Å². The molecule has 0 aromatic carbocycles. The molecule has 1 aliphatic rings. The van der Waals surface area contributed by atoms with Crippen molar-refractivity contribution in [3.8, 4) is 0 Å². The Morgan fingerprint density at radius 3 is 2.00 bits per heavy atom. The molecule has 98 valence electrons. The Bertz CT molecular complexity index is 363. The van der Waals surface area contributed by atoms with Crippen molar-refractivity contribution >= 4 is 27.5 Å². The van der Waals surface area contributed by atoms with Crippen LogP contribution in [0.5, 0.6) is 0 Å². The summed E-state index contributed by atoms with van der Waals surface area (Å²) in [7, 11) is 0. The van der Waals surface area contributed by atoms with Gasteiger partial charge in [-0.1, -0.05) is 15.9 Å². The number of hydrogen-bond acceptors (Lipinski definition) is 5. The highest BCUT2D eigenvalue weighted by molar-refractivity contribution is 9.09. The molecule has 0 saturated carbocycles. The summed E-state index contributed by atoms with van der Waals surface area (Å²) in [6.45, 7) is 3.17. The number of aliphatic hydroxyl groups is 2. The van der Waals surface area contributed by atoms with Crippen LogP contribution in [0.25, 0.3) is 0 Å². The minimum Gasteiger partial charge on any atom is -0.376 e. The third kappa shape index (κ3) is 1.76. The summed E-state index contributed by atoms with van der Waals surface area (Å²) in [5, 5.41) is 19.1. The Morgan fingerprint density at radius 2 is 1.65 bits per heavy atom. The van der Waals surface area contributed by atoms with Crippen LogP contribution in [-0.2, 0) is 14.3 Å². The lowest BCUT2D eigenvalue weighted by molar-refractivity contribution is -0.260. The van der Waals surface area contributed by atoms with Gasteiger partial charge in [0.05, 0.1) is 6.10 Å². The van der Waals surface area contributed by atoms with Gasteiger partial charge < -0.3 is 14.9 Å². The fourth-order valence-electron chi connectivity index (χ4n) is 2.09. The molecule has 0 amide bonds. The molecule has 0 radical (unpaired) electrons. The van der Waals surface area contributed by atoms with Gasteiger partial charge in [-0.25, -0.2) is 4.39 Å². The number of alkyl halides is 2. The van der Waals surface area contributed by atoms with Crippen molar-refractivity contribution in [2.24, 2.45) is 0 Å². The van der Waals surface area contributed by atoms with Crippen molar-refractivity contribution in [1.82, 2.24) is 0 Å². The molecule has 0 aliphatic carbocycles. The van der Waals surface area contributed by atoms with E-state index in [1.54, 1.807) is 0 Å². The lowest BCUT2D eigenvalue weighted by atomic mass is 9.70. The van der Waals surface area contributed by atoms with Crippen LogP contribution in [0.2, 0.25) is 0 Å². The molecule has 2 N–H and O–H groups in total. The summed E-state index contributed by atoms with van der Waals surface area (Å²) in [4.78, 5) is 22.9. The minimum atomic E-state index is -2.81. The van der Waals surface area contributed by atoms with E-state index in [-0.39, 0.29) is 0 Å². The fourth-order valence-corrected chi connectivity index (χ4v) is 2.80. The first-order valence-electron chi connectivity index (χ1n) is 5.00. The summed E-state index contributed by atoms with van der Waals surface area (Å²) in [6.07, 6.45) is -3.46. The highest BCUT2D eigenvalue weighted by Gasteiger charge is 2.69. The zero-order valence-electron chi connectivity index (χ0n) is 9.61. The molecular weight excluding hydrogens is 299 g/mol. The van der Waals surface area contributed by atoms with Crippen molar-refractivity contribution < 1.29 is 28.9 Å². The second-order valence-electron chi connectivity index (χ2n) is 4.18. The number of carbonyl (C=O) groups excluding carboxylic acids is 2. The summed E-state index contributed by atoms with van der Waals surface area (Å²) in [5.74, 6) is -1.95. The smallest absolute Gasteiger partial charge is 0.195 e. The Morgan fingerprint density at radius 1 is 1.24 bits per heavy atom. The molecule has 1 heterocycles. The summed E-state index contributed by atoms with van der Waals surface area (Å²) < 4.78 is 18.9. The summed E-state index contributed by atoms with van der Waals surface area (Å²) in [6, 6.07) is 0. The molecule has 0 unspecified atom stereocenters. The Labute approximate surface area is 106 Å². The average molecular weight is 313 g/mol. The van der Waals surface area contributed by atoms with E-state index in [9.17, 15) is 24.2 Å². The molecule has 17 heavy (non-hydrogen) atoms. The van der Waals surface area contributed by atoms with Gasteiger partial charge in [-0.3, -0.25) is 9.59 Å². The normalized spacial score (nSPS) is 46.6. The lowest BCUT2D eigenvalue weighted by Gasteiger charge is -2.50. The van der Waals surface area contributed by atoms with Gasteiger partial charge in [-0.15, -0.1) is 0 Å². The Balaban J connectivity index is 3.43. The molecular formula is C10H14BrFO5. The first-order chi connectivity index (χ1) is 7.60. The first kappa shape index (κ1) is 14.7. The van der Waals surface area contributed by atoms with Gasteiger partial charge in [0.25, 0.3) is 0 Å². The average Bonchev–Trinajstić information content (AvgIpc) is 2.22. The molecule has 0 bridgehead atoms. The van der Waals surface area contributed by atoms with E-state index in [1.807, 2.05) is 0 Å². The lowest BCUT2D eigenvalue weighted by Crippen LogP contribution is -2.76. The van der Waals surface area contributed by atoms with Crippen molar-refractivity contribution in [3.63, 3.8) is 0 Å². The monoisotopic (exact) mass is 312 g/mol. The van der Waals surface area contributed by atoms with Crippen molar-refractivity contribution in [2.45, 2.75) is 49.3 Å². The van der Waals surface area contributed by atoms with E-state index in [0.29, 0.717) is 0 Å². The van der Waals surface area contributed by atoms with E-state index in [2.05, 4.69) is 15.9 Å². The van der Waals surface area contributed by atoms with E-state index in [1.165, 1.54) is 6.92 Å². The largest absolute Gasteiger partial charge is 0.376 e. The van der Waals surface area contributed by atoms with Crippen molar-refractivity contribution in [1.29, 1.82) is 0 Å². The molecule has 0 spiro atoms. The molecule has 1 saturated heterocycles. The fraction of sp³-hybridized carbons (Fsp3) is 0.800. The van der Waals surface area contributed by atoms with Gasteiger partial charge in [0.2, 0.25) is 0 Å². The molecule has 5 atom stereocenters. The van der Waals surface area contributed by atoms with Crippen molar-refractivity contribution in [2.75, 3.05) is 0 Å². The van der Waals surface area contributed by atoms with Crippen LogP contribution in [0.3, 0.4) is 0 Å². The SMILES string of the molecule is CC(=O)[C@@]1(O)[C@@H](F)[C@@H](Br)O[C@H](C)[C@@]1(O)C(C)=O. The predicted octanol–water partition coefficient (Wildman–Crippen LogP) is 0.104. The van der Waals surface area contributed by atoms with Crippen molar-refractivity contribution in [3.05, 3.63) is 0 Å².